The standard InChI is InChI=1S/C12H20O2.C9H16O2/c1-9(13)6-10-7-11(2,3)14-12(4,5)8-10;1-8(2)5-7(10)6-9(3,4)11-8/h6H,7-8H2,1-5H3;5-6H2,1-4H3. The topological polar surface area (TPSA) is 52.6 Å². The van der Waals surface area contributed by atoms with Crippen molar-refractivity contribution in [2.45, 2.75) is 110 Å². The van der Waals surface area contributed by atoms with Crippen molar-refractivity contribution in [2.75, 3.05) is 0 Å². The fourth-order valence-electron chi connectivity index (χ4n) is 4.20. The van der Waals surface area contributed by atoms with Crippen LogP contribution in [0.15, 0.2) is 11.6 Å². The molecule has 0 amide bonds. The summed E-state index contributed by atoms with van der Waals surface area (Å²) >= 11 is 0. The van der Waals surface area contributed by atoms with Crippen molar-refractivity contribution < 1.29 is 19.1 Å². The molecule has 0 bridgehead atoms. The van der Waals surface area contributed by atoms with E-state index in [-0.39, 0.29) is 28.2 Å². The van der Waals surface area contributed by atoms with E-state index >= 15 is 0 Å². The SMILES string of the molecule is CC(=O)C=C1CC(C)(C)OC(C)(C)C1.CC1(C)CC(=O)CC(C)(C)O1. The Balaban J connectivity index is 0.000000257. The number of hydrogen-bond acceptors (Lipinski definition) is 4. The maximum atomic E-state index is 11.2. The number of carbonyl (C=O) groups is 2. The number of Topliss-reactive ketones (excluding diaryl/α,β-unsaturated/α-hetero) is 1. The predicted molar refractivity (Wildman–Crippen MR) is 101 cm³/mol. The van der Waals surface area contributed by atoms with Crippen LogP contribution in [0, 0.1) is 0 Å². The van der Waals surface area contributed by atoms with E-state index in [0.29, 0.717) is 18.6 Å². The second-order valence-corrected chi connectivity index (χ2v) is 9.90. The van der Waals surface area contributed by atoms with Gasteiger partial charge >= 0.3 is 0 Å². The van der Waals surface area contributed by atoms with Crippen LogP contribution < -0.4 is 0 Å². The van der Waals surface area contributed by atoms with Crippen molar-refractivity contribution in [3.8, 4) is 0 Å². The summed E-state index contributed by atoms with van der Waals surface area (Å²) in [6.45, 7) is 17.7. The molecule has 144 valence electrons. The minimum Gasteiger partial charge on any atom is -0.369 e. The molecule has 2 heterocycles. The van der Waals surface area contributed by atoms with Crippen LogP contribution in [-0.2, 0) is 19.1 Å². The highest BCUT2D eigenvalue weighted by Gasteiger charge is 2.38. The van der Waals surface area contributed by atoms with Crippen LogP contribution in [0.25, 0.3) is 0 Å². The van der Waals surface area contributed by atoms with Gasteiger partial charge in [-0.15, -0.1) is 0 Å². The van der Waals surface area contributed by atoms with E-state index in [1.807, 2.05) is 27.7 Å². The summed E-state index contributed by atoms with van der Waals surface area (Å²) in [6.07, 6.45) is 4.57. The Kier molecular flexibility index (Phi) is 6.45. The van der Waals surface area contributed by atoms with E-state index in [1.165, 1.54) is 5.57 Å². The lowest BCUT2D eigenvalue weighted by atomic mass is 9.84. The summed E-state index contributed by atoms with van der Waals surface area (Å²) in [4.78, 5) is 22.2. The molecule has 0 unspecified atom stereocenters. The third kappa shape index (κ3) is 8.28. The molecule has 0 aliphatic carbocycles. The molecule has 25 heavy (non-hydrogen) atoms. The maximum Gasteiger partial charge on any atom is 0.152 e. The molecule has 4 heteroatoms. The van der Waals surface area contributed by atoms with Gasteiger partial charge in [-0.2, -0.15) is 0 Å². The monoisotopic (exact) mass is 352 g/mol. The van der Waals surface area contributed by atoms with E-state index in [2.05, 4.69) is 27.7 Å². The van der Waals surface area contributed by atoms with Gasteiger partial charge in [-0.25, -0.2) is 0 Å². The van der Waals surface area contributed by atoms with Crippen LogP contribution in [0.5, 0.6) is 0 Å². The fraction of sp³-hybridized carbons (Fsp3) is 0.810. The second kappa shape index (κ2) is 7.32. The third-order valence-electron chi connectivity index (χ3n) is 4.06. The van der Waals surface area contributed by atoms with E-state index in [1.54, 1.807) is 13.0 Å². The molecule has 0 radical (unpaired) electrons. The average molecular weight is 353 g/mol. The fourth-order valence-corrected chi connectivity index (χ4v) is 4.20. The van der Waals surface area contributed by atoms with Gasteiger partial charge < -0.3 is 9.47 Å². The third-order valence-corrected chi connectivity index (χ3v) is 4.06. The average Bonchev–Trinajstić information content (AvgIpc) is 2.16. The van der Waals surface area contributed by atoms with E-state index in [9.17, 15) is 9.59 Å². The molecule has 0 aromatic heterocycles. The Morgan fingerprint density at radius 2 is 1.08 bits per heavy atom. The highest BCUT2D eigenvalue weighted by molar-refractivity contribution is 5.88. The lowest BCUT2D eigenvalue weighted by Crippen LogP contribution is -2.45. The van der Waals surface area contributed by atoms with Crippen LogP contribution in [0.1, 0.15) is 88.0 Å². The Bertz CT molecular complexity index is 514. The van der Waals surface area contributed by atoms with Crippen molar-refractivity contribution in [1.29, 1.82) is 0 Å². The largest absolute Gasteiger partial charge is 0.369 e. The zero-order chi connectivity index (χ0) is 19.7. The first-order valence-electron chi connectivity index (χ1n) is 9.13. The maximum absolute atomic E-state index is 11.2. The molecule has 2 saturated heterocycles. The summed E-state index contributed by atoms with van der Waals surface area (Å²) in [5.41, 5.74) is 0.378. The minimum absolute atomic E-state index is 0.133. The van der Waals surface area contributed by atoms with Crippen molar-refractivity contribution in [3.63, 3.8) is 0 Å². The number of hydrogen-bond donors (Lipinski definition) is 0. The van der Waals surface area contributed by atoms with Gasteiger partial charge in [0.2, 0.25) is 0 Å². The highest BCUT2D eigenvalue weighted by Crippen LogP contribution is 2.37. The Morgan fingerprint density at radius 1 is 0.760 bits per heavy atom. The molecular formula is C21H36O4. The molecule has 0 saturated carbocycles. The first-order chi connectivity index (χ1) is 11.0. The molecule has 0 spiro atoms. The number of ether oxygens (including phenoxy) is 2. The smallest absolute Gasteiger partial charge is 0.152 e. The van der Waals surface area contributed by atoms with E-state index in [4.69, 9.17) is 9.47 Å². The molecular weight excluding hydrogens is 316 g/mol. The summed E-state index contributed by atoms with van der Waals surface area (Å²) in [6, 6.07) is 0. The first-order valence-corrected chi connectivity index (χ1v) is 9.13. The Hall–Kier alpha value is -1.00. The van der Waals surface area contributed by atoms with Gasteiger partial charge in [-0.05, 0) is 81.2 Å². The van der Waals surface area contributed by atoms with Crippen molar-refractivity contribution in [3.05, 3.63) is 11.6 Å². The molecule has 0 aromatic rings. The van der Waals surface area contributed by atoms with Crippen molar-refractivity contribution in [1.82, 2.24) is 0 Å². The van der Waals surface area contributed by atoms with Crippen LogP contribution >= 0.6 is 0 Å². The molecule has 2 aliphatic heterocycles. The van der Waals surface area contributed by atoms with Gasteiger partial charge in [0.1, 0.15) is 5.78 Å². The molecule has 2 fully saturated rings. The van der Waals surface area contributed by atoms with Crippen LogP contribution in [-0.4, -0.2) is 34.0 Å². The van der Waals surface area contributed by atoms with Gasteiger partial charge in [-0.1, -0.05) is 5.57 Å². The normalized spacial score (nSPS) is 26.3. The lowest BCUT2D eigenvalue weighted by Gasteiger charge is -2.42. The van der Waals surface area contributed by atoms with Gasteiger partial charge in [0, 0.05) is 12.8 Å². The van der Waals surface area contributed by atoms with Crippen LogP contribution in [0.4, 0.5) is 0 Å². The Labute approximate surface area is 153 Å². The van der Waals surface area contributed by atoms with Crippen molar-refractivity contribution in [2.24, 2.45) is 0 Å². The van der Waals surface area contributed by atoms with E-state index in [0.717, 1.165) is 12.8 Å². The molecule has 2 aliphatic rings. The molecule has 0 atom stereocenters. The van der Waals surface area contributed by atoms with Gasteiger partial charge in [0.15, 0.2) is 5.78 Å². The second-order valence-electron chi connectivity index (χ2n) is 9.90. The highest BCUT2D eigenvalue weighted by atomic mass is 16.5. The Morgan fingerprint density at radius 3 is 1.36 bits per heavy atom. The lowest BCUT2D eigenvalue weighted by molar-refractivity contribution is -0.169. The molecule has 0 N–H and O–H groups in total. The summed E-state index contributed by atoms with van der Waals surface area (Å²) in [5, 5.41) is 0. The molecule has 0 aromatic carbocycles. The van der Waals surface area contributed by atoms with Gasteiger partial charge in [-0.3, -0.25) is 9.59 Å². The molecule has 4 nitrogen and oxygen atoms in total. The zero-order valence-corrected chi connectivity index (χ0v) is 17.5. The summed E-state index contributed by atoms with van der Waals surface area (Å²) < 4.78 is 11.6. The number of ketones is 2. The molecule has 2 rings (SSSR count). The van der Waals surface area contributed by atoms with E-state index < -0.39 is 0 Å². The minimum atomic E-state index is -0.265. The number of rotatable bonds is 1. The van der Waals surface area contributed by atoms with Gasteiger partial charge in [0.05, 0.1) is 22.4 Å². The predicted octanol–water partition coefficient (Wildman–Crippen LogP) is 4.79. The summed E-state index contributed by atoms with van der Waals surface area (Å²) in [5.74, 6) is 0.444. The number of allylic oxidation sites excluding steroid dienone is 1. The zero-order valence-electron chi connectivity index (χ0n) is 17.5. The van der Waals surface area contributed by atoms with Crippen LogP contribution in [0.2, 0.25) is 0 Å². The van der Waals surface area contributed by atoms with Crippen LogP contribution in [0.3, 0.4) is 0 Å². The number of carbonyl (C=O) groups excluding carboxylic acids is 2. The van der Waals surface area contributed by atoms with Gasteiger partial charge in [0.25, 0.3) is 0 Å². The summed E-state index contributed by atoms with van der Waals surface area (Å²) in [7, 11) is 0. The quantitative estimate of drug-likeness (QED) is 0.637. The van der Waals surface area contributed by atoms with Crippen molar-refractivity contribution >= 4 is 11.6 Å². The first kappa shape index (κ1) is 22.0.